The van der Waals surface area contributed by atoms with E-state index in [0.717, 1.165) is 19.5 Å². The lowest BCUT2D eigenvalue weighted by molar-refractivity contribution is -0.149. The van der Waals surface area contributed by atoms with Crippen LogP contribution in [0, 0.1) is 11.8 Å². The molecule has 1 aromatic rings. The van der Waals surface area contributed by atoms with Crippen molar-refractivity contribution in [1.29, 1.82) is 0 Å². The van der Waals surface area contributed by atoms with Crippen molar-refractivity contribution in [2.45, 2.75) is 20.3 Å². The van der Waals surface area contributed by atoms with Crippen molar-refractivity contribution in [3.8, 4) is 11.5 Å². The Kier molecular flexibility index (Phi) is 7.06. The number of benzene rings is 1. The van der Waals surface area contributed by atoms with Crippen molar-refractivity contribution < 1.29 is 23.8 Å². The van der Waals surface area contributed by atoms with Gasteiger partial charge < -0.3 is 19.1 Å². The molecule has 0 spiro atoms. The molecule has 0 aliphatic carbocycles. The van der Waals surface area contributed by atoms with Gasteiger partial charge in [0, 0.05) is 24.7 Å². The molecule has 1 aromatic carbocycles. The Hall–Kier alpha value is -2.50. The molecule has 0 N–H and O–H groups in total. The summed E-state index contributed by atoms with van der Waals surface area (Å²) in [7, 11) is 3.12. The van der Waals surface area contributed by atoms with Crippen molar-refractivity contribution in [3.05, 3.63) is 29.8 Å². The summed E-state index contributed by atoms with van der Waals surface area (Å²) in [4.78, 5) is 26.0. The van der Waals surface area contributed by atoms with E-state index in [1.54, 1.807) is 43.4 Å². The molecule has 1 fully saturated rings. The van der Waals surface area contributed by atoms with Gasteiger partial charge in [-0.1, -0.05) is 13.8 Å². The fourth-order valence-electron chi connectivity index (χ4n) is 3.27. The highest BCUT2D eigenvalue weighted by atomic mass is 16.5. The van der Waals surface area contributed by atoms with E-state index in [1.165, 1.54) is 6.08 Å². The van der Waals surface area contributed by atoms with Crippen molar-refractivity contribution in [1.82, 2.24) is 4.90 Å². The van der Waals surface area contributed by atoms with Gasteiger partial charge in [0.25, 0.3) is 5.91 Å². The minimum atomic E-state index is -0.568. The number of nitrogens with zero attached hydrogens (tertiary/aromatic N) is 1. The van der Waals surface area contributed by atoms with E-state index in [-0.39, 0.29) is 12.5 Å². The van der Waals surface area contributed by atoms with E-state index in [0.29, 0.717) is 28.9 Å². The third-order valence-electron chi connectivity index (χ3n) is 4.40. The molecule has 0 unspecified atom stereocenters. The number of piperidine rings is 1. The summed E-state index contributed by atoms with van der Waals surface area (Å²) >= 11 is 0. The summed E-state index contributed by atoms with van der Waals surface area (Å²) < 4.78 is 15.5. The average molecular weight is 361 g/mol. The number of methoxy groups -OCH3 is 2. The van der Waals surface area contributed by atoms with Crippen LogP contribution < -0.4 is 9.47 Å². The van der Waals surface area contributed by atoms with Crippen molar-refractivity contribution in [2.75, 3.05) is 33.9 Å². The number of ether oxygens (including phenoxy) is 3. The second kappa shape index (κ2) is 9.27. The quantitative estimate of drug-likeness (QED) is 0.576. The van der Waals surface area contributed by atoms with Crippen molar-refractivity contribution in [2.24, 2.45) is 11.8 Å². The summed E-state index contributed by atoms with van der Waals surface area (Å²) in [5.74, 6) is 1.49. The zero-order valence-corrected chi connectivity index (χ0v) is 15.9. The maximum Gasteiger partial charge on any atom is 0.331 e. The van der Waals surface area contributed by atoms with E-state index in [1.807, 2.05) is 0 Å². The van der Waals surface area contributed by atoms with Gasteiger partial charge in [-0.2, -0.15) is 0 Å². The fraction of sp³-hybridized carbons (Fsp3) is 0.500. The van der Waals surface area contributed by atoms with Gasteiger partial charge in [-0.05, 0) is 42.5 Å². The van der Waals surface area contributed by atoms with Gasteiger partial charge in [0.2, 0.25) is 0 Å². The topological polar surface area (TPSA) is 65.1 Å². The van der Waals surface area contributed by atoms with Crippen LogP contribution in [-0.4, -0.2) is 50.7 Å². The molecule has 0 bridgehead atoms. The van der Waals surface area contributed by atoms with Crippen LogP contribution in [0.5, 0.6) is 11.5 Å². The molecule has 0 radical (unpaired) electrons. The molecular weight excluding hydrogens is 334 g/mol. The summed E-state index contributed by atoms with van der Waals surface area (Å²) in [6, 6.07) is 5.28. The SMILES string of the molecule is COc1ccc(OC)c(/C=C/C(=O)OCC(=O)N2C[C@H](C)C[C@@H](C)C2)c1. The maximum atomic E-state index is 12.2. The maximum absolute atomic E-state index is 12.2. The summed E-state index contributed by atoms with van der Waals surface area (Å²) in [5.41, 5.74) is 0.689. The van der Waals surface area contributed by atoms with Crippen LogP contribution >= 0.6 is 0 Å². The number of rotatable bonds is 6. The Morgan fingerprint density at radius 2 is 1.85 bits per heavy atom. The predicted octanol–water partition coefficient (Wildman–Crippen LogP) is 2.76. The van der Waals surface area contributed by atoms with Gasteiger partial charge in [0.1, 0.15) is 11.5 Å². The Morgan fingerprint density at radius 3 is 2.46 bits per heavy atom. The van der Waals surface area contributed by atoms with Crippen LogP contribution in [0.1, 0.15) is 25.8 Å². The number of carbonyl (C=O) groups is 2. The molecule has 6 nitrogen and oxygen atoms in total. The first-order valence-corrected chi connectivity index (χ1v) is 8.77. The van der Waals surface area contributed by atoms with E-state index in [2.05, 4.69) is 13.8 Å². The summed E-state index contributed by atoms with van der Waals surface area (Å²) in [6.45, 7) is 5.46. The van der Waals surface area contributed by atoms with Crippen molar-refractivity contribution >= 4 is 18.0 Å². The molecular formula is C20H27NO5. The zero-order chi connectivity index (χ0) is 19.1. The van der Waals surface area contributed by atoms with E-state index in [4.69, 9.17) is 14.2 Å². The summed E-state index contributed by atoms with van der Waals surface area (Å²) in [5, 5.41) is 0. The van der Waals surface area contributed by atoms with Gasteiger partial charge >= 0.3 is 5.97 Å². The molecule has 2 atom stereocenters. The average Bonchev–Trinajstić information content (AvgIpc) is 2.63. The van der Waals surface area contributed by atoms with Crippen LogP contribution in [0.2, 0.25) is 0 Å². The van der Waals surface area contributed by atoms with E-state index >= 15 is 0 Å². The standard InChI is InChI=1S/C20H27NO5/c1-14-9-15(2)12-21(11-14)19(22)13-26-20(23)8-5-16-10-17(24-3)6-7-18(16)25-4/h5-8,10,14-15H,9,11-13H2,1-4H3/b8-5+/t14-,15-/m1/s1. The minimum absolute atomic E-state index is 0.149. The zero-order valence-electron chi connectivity index (χ0n) is 15.9. The Balaban J connectivity index is 1.90. The van der Waals surface area contributed by atoms with E-state index < -0.39 is 5.97 Å². The second-order valence-corrected chi connectivity index (χ2v) is 6.79. The molecule has 1 amide bonds. The molecule has 1 saturated heterocycles. The molecule has 1 aliphatic heterocycles. The van der Waals surface area contributed by atoms with Crippen LogP contribution in [0.25, 0.3) is 6.08 Å². The Labute approximate surface area is 154 Å². The lowest BCUT2D eigenvalue weighted by Crippen LogP contribution is -2.44. The number of esters is 1. The molecule has 142 valence electrons. The normalized spacial score (nSPS) is 20.1. The highest BCUT2D eigenvalue weighted by molar-refractivity contribution is 5.89. The van der Waals surface area contributed by atoms with Gasteiger partial charge in [-0.25, -0.2) is 4.79 Å². The number of carbonyl (C=O) groups excluding carboxylic acids is 2. The largest absolute Gasteiger partial charge is 0.497 e. The summed E-state index contributed by atoms with van der Waals surface area (Å²) in [6.07, 6.45) is 3.99. The number of hydrogen-bond donors (Lipinski definition) is 0. The lowest BCUT2D eigenvalue weighted by Gasteiger charge is -2.34. The highest BCUT2D eigenvalue weighted by Gasteiger charge is 2.25. The van der Waals surface area contributed by atoms with Gasteiger partial charge in [-0.3, -0.25) is 4.79 Å². The first-order valence-electron chi connectivity index (χ1n) is 8.77. The molecule has 0 saturated carbocycles. The molecule has 0 aromatic heterocycles. The molecule has 6 heteroatoms. The third-order valence-corrected chi connectivity index (χ3v) is 4.40. The van der Waals surface area contributed by atoms with E-state index in [9.17, 15) is 9.59 Å². The van der Waals surface area contributed by atoms with Gasteiger partial charge in [0.05, 0.1) is 14.2 Å². The second-order valence-electron chi connectivity index (χ2n) is 6.79. The molecule has 26 heavy (non-hydrogen) atoms. The van der Waals surface area contributed by atoms with Crippen LogP contribution in [0.4, 0.5) is 0 Å². The third kappa shape index (κ3) is 5.51. The van der Waals surface area contributed by atoms with Gasteiger partial charge in [-0.15, -0.1) is 0 Å². The fourth-order valence-corrected chi connectivity index (χ4v) is 3.27. The lowest BCUT2D eigenvalue weighted by atomic mass is 9.92. The highest BCUT2D eigenvalue weighted by Crippen LogP contribution is 2.25. The molecule has 2 rings (SSSR count). The van der Waals surface area contributed by atoms with Crippen LogP contribution in [-0.2, 0) is 14.3 Å². The first kappa shape index (κ1) is 19.8. The molecule has 1 heterocycles. The van der Waals surface area contributed by atoms with Gasteiger partial charge in [0.15, 0.2) is 6.61 Å². The number of hydrogen-bond acceptors (Lipinski definition) is 5. The van der Waals surface area contributed by atoms with Crippen LogP contribution in [0.15, 0.2) is 24.3 Å². The first-order chi connectivity index (χ1) is 12.4. The smallest absolute Gasteiger partial charge is 0.331 e. The number of likely N-dealkylation sites (tertiary alicyclic amines) is 1. The number of amides is 1. The van der Waals surface area contributed by atoms with Crippen molar-refractivity contribution in [3.63, 3.8) is 0 Å². The molecule has 1 aliphatic rings. The monoisotopic (exact) mass is 361 g/mol. The Morgan fingerprint density at radius 1 is 1.15 bits per heavy atom. The Bertz CT molecular complexity index is 660. The van der Waals surface area contributed by atoms with Crippen LogP contribution in [0.3, 0.4) is 0 Å². The predicted molar refractivity (Wildman–Crippen MR) is 99.1 cm³/mol. The minimum Gasteiger partial charge on any atom is -0.497 e.